The second-order valence-electron chi connectivity index (χ2n) is 5.65. The van der Waals surface area contributed by atoms with Gasteiger partial charge < -0.3 is 5.73 Å². The highest BCUT2D eigenvalue weighted by atomic mass is 16.1. The number of benzene rings is 1. The molecule has 0 saturated heterocycles. The predicted molar refractivity (Wildman–Crippen MR) is 80.6 cm³/mol. The van der Waals surface area contributed by atoms with Crippen molar-refractivity contribution in [2.45, 2.75) is 38.1 Å². The number of carbonyl (C=O) groups is 1. The lowest BCUT2D eigenvalue weighted by atomic mass is 9.87. The van der Waals surface area contributed by atoms with Crippen LogP contribution >= 0.6 is 0 Å². The monoisotopic (exact) mass is 268 g/mol. The molecule has 0 bridgehead atoms. The van der Waals surface area contributed by atoms with Crippen molar-refractivity contribution < 1.29 is 4.79 Å². The molecule has 0 radical (unpaired) electrons. The maximum atomic E-state index is 12.9. The van der Waals surface area contributed by atoms with Gasteiger partial charge in [-0.05, 0) is 25.0 Å². The number of Topliss-reactive ketones (excluding diaryl/α,β-unsaturated/α-hetero) is 1. The summed E-state index contributed by atoms with van der Waals surface area (Å²) in [7, 11) is 0. The van der Waals surface area contributed by atoms with Gasteiger partial charge in [-0.3, -0.25) is 9.78 Å². The number of ketones is 1. The third kappa shape index (κ3) is 2.46. The lowest BCUT2D eigenvalue weighted by molar-refractivity contribution is 0.0896. The molecular weight excluding hydrogens is 248 g/mol. The van der Waals surface area contributed by atoms with Gasteiger partial charge in [0, 0.05) is 29.1 Å². The standard InChI is InChI=1S/C17H20N2O/c18-15-10-3-1-2-8-13(15)17(20)14-9-4-6-12-7-5-11-19-16(12)14/h4-7,9,11,13,15H,1-3,8,10,18H2. The molecule has 1 aromatic carbocycles. The van der Waals surface area contributed by atoms with Gasteiger partial charge in [0.1, 0.15) is 0 Å². The Bertz CT molecular complexity index is 618. The van der Waals surface area contributed by atoms with Crippen LogP contribution in [0.4, 0.5) is 0 Å². The molecule has 0 aliphatic heterocycles. The molecule has 1 saturated carbocycles. The first-order valence-electron chi connectivity index (χ1n) is 7.41. The Kier molecular flexibility index (Phi) is 3.79. The molecule has 3 rings (SSSR count). The van der Waals surface area contributed by atoms with Crippen LogP contribution in [-0.4, -0.2) is 16.8 Å². The van der Waals surface area contributed by atoms with E-state index in [9.17, 15) is 4.79 Å². The van der Waals surface area contributed by atoms with Crippen LogP contribution in [0.5, 0.6) is 0 Å². The SMILES string of the molecule is NC1CCCCCC1C(=O)c1cccc2cccnc12. The maximum absolute atomic E-state index is 12.9. The highest BCUT2D eigenvalue weighted by Crippen LogP contribution is 2.27. The molecule has 1 aliphatic rings. The summed E-state index contributed by atoms with van der Waals surface area (Å²) in [6.07, 6.45) is 7.02. The molecule has 1 aliphatic carbocycles. The highest BCUT2D eigenvalue weighted by Gasteiger charge is 2.28. The van der Waals surface area contributed by atoms with Gasteiger partial charge in [-0.2, -0.15) is 0 Å². The van der Waals surface area contributed by atoms with Gasteiger partial charge in [0.25, 0.3) is 0 Å². The number of para-hydroxylation sites is 1. The molecule has 3 nitrogen and oxygen atoms in total. The van der Waals surface area contributed by atoms with Gasteiger partial charge >= 0.3 is 0 Å². The zero-order chi connectivity index (χ0) is 13.9. The second-order valence-corrected chi connectivity index (χ2v) is 5.65. The van der Waals surface area contributed by atoms with Crippen molar-refractivity contribution in [2.75, 3.05) is 0 Å². The lowest BCUT2D eigenvalue weighted by Gasteiger charge is -2.20. The number of rotatable bonds is 2. The van der Waals surface area contributed by atoms with E-state index in [2.05, 4.69) is 4.98 Å². The summed E-state index contributed by atoms with van der Waals surface area (Å²) in [4.78, 5) is 17.2. The zero-order valence-corrected chi connectivity index (χ0v) is 11.6. The summed E-state index contributed by atoms with van der Waals surface area (Å²) in [6, 6.07) is 9.69. The van der Waals surface area contributed by atoms with Crippen LogP contribution in [0, 0.1) is 5.92 Å². The van der Waals surface area contributed by atoms with Gasteiger partial charge in [-0.1, -0.05) is 37.5 Å². The quantitative estimate of drug-likeness (QED) is 0.671. The van der Waals surface area contributed by atoms with Gasteiger partial charge in [0.05, 0.1) is 5.52 Å². The Balaban J connectivity index is 1.99. The third-order valence-electron chi connectivity index (χ3n) is 4.30. The van der Waals surface area contributed by atoms with E-state index in [0.717, 1.165) is 42.1 Å². The molecule has 1 heterocycles. The Morgan fingerprint density at radius 1 is 1.10 bits per heavy atom. The number of hydrogen-bond donors (Lipinski definition) is 1. The molecule has 1 aromatic heterocycles. The van der Waals surface area contributed by atoms with Crippen LogP contribution in [0.2, 0.25) is 0 Å². The van der Waals surface area contributed by atoms with Crippen LogP contribution in [0.25, 0.3) is 10.9 Å². The summed E-state index contributed by atoms with van der Waals surface area (Å²) in [5, 5.41) is 1.01. The van der Waals surface area contributed by atoms with Crippen molar-refractivity contribution in [1.82, 2.24) is 4.98 Å². The molecule has 2 aromatic rings. The van der Waals surface area contributed by atoms with Crippen LogP contribution in [0.3, 0.4) is 0 Å². The third-order valence-corrected chi connectivity index (χ3v) is 4.30. The topological polar surface area (TPSA) is 56.0 Å². The fourth-order valence-corrected chi connectivity index (χ4v) is 3.16. The summed E-state index contributed by atoms with van der Waals surface area (Å²) in [5.41, 5.74) is 7.75. The molecule has 104 valence electrons. The highest BCUT2D eigenvalue weighted by molar-refractivity contribution is 6.07. The predicted octanol–water partition coefficient (Wildman–Crippen LogP) is 3.33. The van der Waals surface area contributed by atoms with Gasteiger partial charge in [-0.25, -0.2) is 0 Å². The zero-order valence-electron chi connectivity index (χ0n) is 11.6. The number of carbonyl (C=O) groups excluding carboxylic acids is 1. The van der Waals surface area contributed by atoms with Crippen molar-refractivity contribution >= 4 is 16.7 Å². The fourth-order valence-electron chi connectivity index (χ4n) is 3.16. The van der Waals surface area contributed by atoms with Crippen molar-refractivity contribution in [3.63, 3.8) is 0 Å². The summed E-state index contributed by atoms with van der Waals surface area (Å²) in [5.74, 6) is 0.119. The van der Waals surface area contributed by atoms with E-state index < -0.39 is 0 Å². The van der Waals surface area contributed by atoms with E-state index in [-0.39, 0.29) is 17.7 Å². The largest absolute Gasteiger partial charge is 0.327 e. The Morgan fingerprint density at radius 3 is 2.80 bits per heavy atom. The van der Waals surface area contributed by atoms with Crippen LogP contribution in [0.1, 0.15) is 42.5 Å². The molecule has 0 spiro atoms. The molecule has 0 amide bonds. The number of hydrogen-bond acceptors (Lipinski definition) is 3. The molecule has 2 N–H and O–H groups in total. The van der Waals surface area contributed by atoms with E-state index in [1.165, 1.54) is 6.42 Å². The minimum absolute atomic E-state index is 0.0102. The first kappa shape index (κ1) is 13.3. The van der Waals surface area contributed by atoms with Crippen molar-refractivity contribution in [3.05, 3.63) is 42.1 Å². The minimum Gasteiger partial charge on any atom is -0.327 e. The second kappa shape index (κ2) is 5.71. The molecule has 20 heavy (non-hydrogen) atoms. The summed E-state index contributed by atoms with van der Waals surface area (Å²) >= 11 is 0. The Morgan fingerprint density at radius 2 is 1.90 bits per heavy atom. The van der Waals surface area contributed by atoms with Crippen molar-refractivity contribution in [3.8, 4) is 0 Å². The lowest BCUT2D eigenvalue weighted by Crippen LogP contribution is -2.34. The summed E-state index contributed by atoms with van der Waals surface area (Å²) in [6.45, 7) is 0. The number of fused-ring (bicyclic) bond motifs is 1. The van der Waals surface area contributed by atoms with Gasteiger partial charge in [-0.15, -0.1) is 0 Å². The first-order chi connectivity index (χ1) is 9.77. The van der Waals surface area contributed by atoms with Gasteiger partial charge in [0.15, 0.2) is 5.78 Å². The van der Waals surface area contributed by atoms with Crippen molar-refractivity contribution in [1.29, 1.82) is 0 Å². The van der Waals surface area contributed by atoms with E-state index in [4.69, 9.17) is 5.73 Å². The van der Waals surface area contributed by atoms with Gasteiger partial charge in [0.2, 0.25) is 0 Å². The van der Waals surface area contributed by atoms with E-state index >= 15 is 0 Å². The molecule has 1 fully saturated rings. The number of nitrogens with two attached hydrogens (primary N) is 1. The van der Waals surface area contributed by atoms with Crippen LogP contribution in [0.15, 0.2) is 36.5 Å². The average Bonchev–Trinajstić information content (AvgIpc) is 2.70. The first-order valence-corrected chi connectivity index (χ1v) is 7.41. The number of nitrogens with zero attached hydrogens (tertiary/aromatic N) is 1. The number of aromatic nitrogens is 1. The summed E-state index contributed by atoms with van der Waals surface area (Å²) < 4.78 is 0. The smallest absolute Gasteiger partial charge is 0.169 e. The molecule has 2 atom stereocenters. The van der Waals surface area contributed by atoms with E-state index in [0.29, 0.717) is 0 Å². The van der Waals surface area contributed by atoms with Crippen LogP contribution in [-0.2, 0) is 0 Å². The number of pyridine rings is 1. The Hall–Kier alpha value is -1.74. The van der Waals surface area contributed by atoms with Crippen LogP contribution < -0.4 is 5.73 Å². The molecule has 2 unspecified atom stereocenters. The fraction of sp³-hybridized carbons (Fsp3) is 0.412. The van der Waals surface area contributed by atoms with E-state index in [1.807, 2.05) is 30.3 Å². The van der Waals surface area contributed by atoms with E-state index in [1.54, 1.807) is 6.20 Å². The molecule has 3 heteroatoms. The normalized spacial score (nSPS) is 23.4. The van der Waals surface area contributed by atoms with Crippen molar-refractivity contribution in [2.24, 2.45) is 11.7 Å². The maximum Gasteiger partial charge on any atom is 0.169 e. The molecular formula is C17H20N2O. The average molecular weight is 268 g/mol. The Labute approximate surface area is 119 Å². The minimum atomic E-state index is -0.0508.